The van der Waals surface area contributed by atoms with Gasteiger partial charge in [-0.3, -0.25) is 9.59 Å². The Hall–Kier alpha value is -1.99. The van der Waals surface area contributed by atoms with Crippen LogP contribution in [0.4, 0.5) is 4.79 Å². The van der Waals surface area contributed by atoms with Crippen LogP contribution in [-0.2, 0) is 19.1 Å². The van der Waals surface area contributed by atoms with Crippen LogP contribution in [0.1, 0.15) is 72.1 Å². The van der Waals surface area contributed by atoms with Crippen molar-refractivity contribution in [1.29, 1.82) is 0 Å². The van der Waals surface area contributed by atoms with Gasteiger partial charge in [0.25, 0.3) is 0 Å². The molecule has 2 N–H and O–H groups in total. The van der Waals surface area contributed by atoms with Crippen LogP contribution in [0, 0.1) is 28.6 Å². The summed E-state index contributed by atoms with van der Waals surface area (Å²) in [6.07, 6.45) is 9.07. The fourth-order valence-corrected chi connectivity index (χ4v) is 7.80. The molecular formula is C27H38O7. The molecule has 4 aliphatic carbocycles. The number of ether oxygens (including phenoxy) is 2. The van der Waals surface area contributed by atoms with Crippen LogP contribution in [-0.4, -0.2) is 52.9 Å². The molecule has 7 atom stereocenters. The lowest BCUT2D eigenvalue weighted by Crippen LogP contribution is -2.63. The SMILES string of the molecule is CCCCCOC(=O)O[C@]1(C(=O)CO)CC[C@H]2[C@@H]3CCC4=CC(=O)C=C[C@]4(C)[C@H]3C(O)C[C@@]21C. The molecule has 0 aromatic heterocycles. The maximum absolute atomic E-state index is 13.2. The van der Waals surface area contributed by atoms with Gasteiger partial charge in [-0.2, -0.15) is 0 Å². The van der Waals surface area contributed by atoms with Gasteiger partial charge in [0.2, 0.25) is 5.78 Å². The van der Waals surface area contributed by atoms with Crippen LogP contribution in [0.2, 0.25) is 0 Å². The van der Waals surface area contributed by atoms with Gasteiger partial charge in [0.15, 0.2) is 11.4 Å². The monoisotopic (exact) mass is 474 g/mol. The summed E-state index contributed by atoms with van der Waals surface area (Å²) in [6.45, 7) is 5.57. The third-order valence-corrected chi connectivity index (χ3v) is 9.44. The van der Waals surface area contributed by atoms with Gasteiger partial charge < -0.3 is 19.7 Å². The fraction of sp³-hybridized carbons (Fsp3) is 0.741. The third-order valence-electron chi connectivity index (χ3n) is 9.44. The Morgan fingerprint density at radius 1 is 1.21 bits per heavy atom. The first-order chi connectivity index (χ1) is 16.1. The van der Waals surface area contributed by atoms with E-state index in [2.05, 4.69) is 13.8 Å². The molecule has 0 aliphatic heterocycles. The molecule has 4 aliphatic rings. The summed E-state index contributed by atoms with van der Waals surface area (Å²) in [4.78, 5) is 37.8. The quantitative estimate of drug-likeness (QED) is 0.425. The minimum atomic E-state index is -1.52. The summed E-state index contributed by atoms with van der Waals surface area (Å²) in [5.41, 5.74) is -1.69. The zero-order valence-electron chi connectivity index (χ0n) is 20.5. The zero-order valence-corrected chi connectivity index (χ0v) is 20.5. The first-order valence-corrected chi connectivity index (χ1v) is 12.7. The van der Waals surface area contributed by atoms with Crippen LogP contribution in [0.15, 0.2) is 23.8 Å². The van der Waals surface area contributed by atoms with Crippen molar-refractivity contribution in [3.05, 3.63) is 23.8 Å². The van der Waals surface area contributed by atoms with Crippen LogP contribution >= 0.6 is 0 Å². The predicted octanol–water partition coefficient (Wildman–Crippen LogP) is 3.91. The van der Waals surface area contributed by atoms with Crippen molar-refractivity contribution in [2.45, 2.75) is 83.8 Å². The maximum atomic E-state index is 13.2. The Morgan fingerprint density at radius 3 is 2.68 bits per heavy atom. The normalized spacial score (nSPS) is 40.6. The van der Waals surface area contributed by atoms with E-state index in [0.29, 0.717) is 12.8 Å². The fourth-order valence-electron chi connectivity index (χ4n) is 7.80. The number of allylic oxidation sites excluding steroid dienone is 4. The van der Waals surface area contributed by atoms with E-state index >= 15 is 0 Å². The van der Waals surface area contributed by atoms with Crippen LogP contribution in [0.3, 0.4) is 0 Å². The summed E-state index contributed by atoms with van der Waals surface area (Å²) in [6, 6.07) is 0. The lowest BCUT2D eigenvalue weighted by atomic mass is 9.46. The molecule has 7 heteroatoms. The standard InChI is InChI=1S/C27H38O7/c1-4-5-6-13-33-24(32)34-27(22(31)16-28)12-10-20-19-8-7-17-14-18(29)9-11-25(17,2)23(19)21(30)15-26(20,27)3/h9,11,14,19-21,23,28,30H,4-8,10,12-13,15-16H2,1-3H3/t19-,20-,21?,23+,25-,26-,27-/m0/s1. The highest BCUT2D eigenvalue weighted by Crippen LogP contribution is 2.67. The highest BCUT2D eigenvalue weighted by atomic mass is 16.7. The number of unbranched alkanes of at least 4 members (excludes halogenated alkanes) is 2. The Labute approximate surface area is 201 Å². The summed E-state index contributed by atoms with van der Waals surface area (Å²) in [5.74, 6) is -0.490. The number of aliphatic hydroxyl groups is 2. The third kappa shape index (κ3) is 3.76. The van der Waals surface area contributed by atoms with Gasteiger partial charge in [-0.05, 0) is 62.5 Å². The molecule has 0 aromatic carbocycles. The second-order valence-electron chi connectivity index (χ2n) is 11.1. The van der Waals surface area contributed by atoms with Crippen molar-refractivity contribution in [2.75, 3.05) is 13.2 Å². The molecule has 0 amide bonds. The van der Waals surface area contributed by atoms with Crippen molar-refractivity contribution in [3.63, 3.8) is 0 Å². The molecule has 0 heterocycles. The first-order valence-electron chi connectivity index (χ1n) is 12.7. The largest absolute Gasteiger partial charge is 0.509 e. The molecule has 1 unspecified atom stereocenters. The van der Waals surface area contributed by atoms with Crippen LogP contribution in [0.25, 0.3) is 0 Å². The lowest BCUT2D eigenvalue weighted by Gasteiger charge is -2.59. The minimum Gasteiger partial charge on any atom is -0.434 e. The Morgan fingerprint density at radius 2 is 1.97 bits per heavy atom. The Bertz CT molecular complexity index is 907. The van der Waals surface area contributed by atoms with E-state index in [-0.39, 0.29) is 36.6 Å². The van der Waals surface area contributed by atoms with Gasteiger partial charge in [-0.15, -0.1) is 0 Å². The molecule has 0 spiro atoms. The molecule has 0 bridgehead atoms. The number of ketones is 2. The van der Waals surface area contributed by atoms with E-state index < -0.39 is 41.1 Å². The van der Waals surface area contributed by atoms with Crippen molar-refractivity contribution in [2.24, 2.45) is 28.6 Å². The molecule has 4 rings (SSSR count). The van der Waals surface area contributed by atoms with Crippen LogP contribution in [0.5, 0.6) is 0 Å². The van der Waals surface area contributed by atoms with E-state index in [1.54, 1.807) is 12.2 Å². The number of rotatable bonds is 7. The van der Waals surface area contributed by atoms with Gasteiger partial charge in [-0.1, -0.05) is 45.3 Å². The molecule has 3 saturated carbocycles. The summed E-state index contributed by atoms with van der Waals surface area (Å²) in [7, 11) is 0. The van der Waals surface area contributed by atoms with Crippen molar-refractivity contribution in [3.8, 4) is 0 Å². The van der Waals surface area contributed by atoms with E-state index in [0.717, 1.165) is 37.7 Å². The summed E-state index contributed by atoms with van der Waals surface area (Å²) >= 11 is 0. The van der Waals surface area contributed by atoms with Gasteiger partial charge >= 0.3 is 6.16 Å². The molecule has 0 aromatic rings. The first kappa shape index (κ1) is 25.1. The second-order valence-corrected chi connectivity index (χ2v) is 11.1. The highest BCUT2D eigenvalue weighted by molar-refractivity contribution is 6.01. The number of Topliss-reactive ketones (excluding diaryl/α,β-unsaturated/α-hetero) is 1. The van der Waals surface area contributed by atoms with E-state index in [1.807, 2.05) is 13.0 Å². The number of carbonyl (C=O) groups is 3. The molecule has 7 nitrogen and oxygen atoms in total. The van der Waals surface area contributed by atoms with Gasteiger partial charge in [-0.25, -0.2) is 4.79 Å². The minimum absolute atomic E-state index is 0.0136. The highest BCUT2D eigenvalue weighted by Gasteiger charge is 2.70. The van der Waals surface area contributed by atoms with Gasteiger partial charge in [0.05, 0.1) is 12.7 Å². The number of hydrogen-bond acceptors (Lipinski definition) is 7. The lowest BCUT2D eigenvalue weighted by molar-refractivity contribution is -0.183. The topological polar surface area (TPSA) is 110 Å². The van der Waals surface area contributed by atoms with E-state index in [4.69, 9.17) is 9.47 Å². The van der Waals surface area contributed by atoms with Gasteiger partial charge in [0.1, 0.15) is 6.61 Å². The number of aliphatic hydroxyl groups excluding tert-OH is 2. The second kappa shape index (κ2) is 9.23. The predicted molar refractivity (Wildman–Crippen MR) is 125 cm³/mol. The molecule has 188 valence electrons. The average Bonchev–Trinajstić information content (AvgIpc) is 3.08. The molecule has 34 heavy (non-hydrogen) atoms. The van der Waals surface area contributed by atoms with Crippen molar-refractivity contribution in [1.82, 2.24) is 0 Å². The number of hydrogen-bond donors (Lipinski definition) is 2. The molecule has 0 saturated heterocycles. The van der Waals surface area contributed by atoms with Gasteiger partial charge in [0, 0.05) is 16.7 Å². The summed E-state index contributed by atoms with van der Waals surface area (Å²) < 4.78 is 11.1. The van der Waals surface area contributed by atoms with Crippen molar-refractivity contribution >= 4 is 17.7 Å². The molecule has 0 radical (unpaired) electrons. The van der Waals surface area contributed by atoms with Crippen LogP contribution < -0.4 is 0 Å². The Kier molecular flexibility index (Phi) is 6.82. The summed E-state index contributed by atoms with van der Waals surface area (Å²) in [5, 5.41) is 21.4. The van der Waals surface area contributed by atoms with Crippen molar-refractivity contribution < 1.29 is 34.1 Å². The maximum Gasteiger partial charge on any atom is 0.509 e. The zero-order chi connectivity index (χ0) is 24.7. The number of fused-ring (bicyclic) bond motifs is 5. The molecular weight excluding hydrogens is 436 g/mol. The smallest absolute Gasteiger partial charge is 0.434 e. The number of carbonyl (C=O) groups excluding carboxylic acids is 3. The molecule has 3 fully saturated rings. The Balaban J connectivity index is 1.63. The van der Waals surface area contributed by atoms with E-state index in [9.17, 15) is 24.6 Å². The van der Waals surface area contributed by atoms with E-state index in [1.165, 1.54) is 0 Å². The average molecular weight is 475 g/mol.